The molecule has 2 amide bonds. The van der Waals surface area contributed by atoms with Crippen molar-refractivity contribution >= 4 is 46.4 Å². The molecule has 2 saturated heterocycles. The van der Waals surface area contributed by atoms with Crippen molar-refractivity contribution in [3.05, 3.63) is 94.5 Å². The number of para-hydroxylation sites is 1. The molecule has 3 unspecified atom stereocenters. The van der Waals surface area contributed by atoms with Crippen molar-refractivity contribution in [2.75, 3.05) is 9.96 Å². The number of hydrogen-bond donors (Lipinski definition) is 0. The fraction of sp³-hybridized carbons (Fsp3) is 0.130. The lowest BCUT2D eigenvalue weighted by Gasteiger charge is -2.29. The highest BCUT2D eigenvalue weighted by molar-refractivity contribution is 6.36. The highest BCUT2D eigenvalue weighted by Gasteiger charge is 2.60. The largest absolute Gasteiger partial charge is 0.273 e. The van der Waals surface area contributed by atoms with Crippen LogP contribution in [0.5, 0.6) is 0 Å². The Balaban J connectivity index is 1.59. The summed E-state index contributed by atoms with van der Waals surface area (Å²) in [7, 11) is 0. The van der Waals surface area contributed by atoms with Gasteiger partial charge in [0.15, 0.2) is 6.10 Å². The summed E-state index contributed by atoms with van der Waals surface area (Å²) < 4.78 is 0. The summed E-state index contributed by atoms with van der Waals surface area (Å²) in [5.74, 6) is -1.45. The van der Waals surface area contributed by atoms with Gasteiger partial charge in [-0.05, 0) is 42.0 Å². The van der Waals surface area contributed by atoms with Crippen molar-refractivity contribution in [1.82, 2.24) is 0 Å². The zero-order chi connectivity index (χ0) is 20.8. The third kappa shape index (κ3) is 2.98. The summed E-state index contributed by atoms with van der Waals surface area (Å²) in [4.78, 5) is 33.9. The van der Waals surface area contributed by atoms with E-state index in [2.05, 4.69) is 0 Å². The molecule has 2 aliphatic rings. The van der Waals surface area contributed by atoms with Crippen LogP contribution in [0.15, 0.2) is 78.9 Å². The Bertz CT molecular complexity index is 1120. The highest BCUT2D eigenvalue weighted by Crippen LogP contribution is 2.48. The van der Waals surface area contributed by atoms with E-state index in [0.29, 0.717) is 21.4 Å². The molecule has 0 aromatic heterocycles. The number of carbonyl (C=O) groups excluding carboxylic acids is 2. The normalized spacial score (nSPS) is 23.2. The maximum atomic E-state index is 13.5. The molecule has 2 heterocycles. The van der Waals surface area contributed by atoms with E-state index in [1.54, 1.807) is 53.6 Å². The third-order valence-corrected chi connectivity index (χ3v) is 6.00. The lowest BCUT2D eigenvalue weighted by molar-refractivity contribution is -0.126. The molecule has 3 aromatic carbocycles. The van der Waals surface area contributed by atoms with Gasteiger partial charge in [-0.2, -0.15) is 0 Å². The van der Waals surface area contributed by atoms with E-state index in [9.17, 15) is 9.59 Å². The van der Waals surface area contributed by atoms with Gasteiger partial charge in [-0.1, -0.05) is 65.7 Å². The van der Waals surface area contributed by atoms with E-state index < -0.39 is 24.0 Å². The predicted octanol–water partition coefficient (Wildman–Crippen LogP) is 5.04. The van der Waals surface area contributed by atoms with Crippen LogP contribution in [0, 0.1) is 5.92 Å². The second kappa shape index (κ2) is 7.43. The molecule has 7 heteroatoms. The Morgan fingerprint density at radius 2 is 1.43 bits per heavy atom. The molecule has 0 N–H and O–H groups in total. The summed E-state index contributed by atoms with van der Waals surface area (Å²) in [6.07, 6.45) is -0.936. The van der Waals surface area contributed by atoms with E-state index in [0.717, 1.165) is 10.5 Å². The molecular weight excluding hydrogens is 423 g/mol. The molecule has 2 aliphatic heterocycles. The van der Waals surface area contributed by atoms with Gasteiger partial charge in [-0.15, -0.1) is 0 Å². The van der Waals surface area contributed by atoms with Gasteiger partial charge in [0, 0.05) is 5.02 Å². The Hall–Kier alpha value is -2.86. The number of hydroxylamine groups is 1. The summed E-state index contributed by atoms with van der Waals surface area (Å²) in [5, 5.41) is 2.57. The van der Waals surface area contributed by atoms with Crippen LogP contribution in [-0.4, -0.2) is 17.9 Å². The molecule has 0 spiro atoms. The van der Waals surface area contributed by atoms with Crippen molar-refractivity contribution in [3.63, 3.8) is 0 Å². The van der Waals surface area contributed by atoms with Crippen molar-refractivity contribution in [1.29, 1.82) is 0 Å². The predicted molar refractivity (Wildman–Crippen MR) is 115 cm³/mol. The first kappa shape index (κ1) is 19.1. The van der Waals surface area contributed by atoms with Crippen LogP contribution in [-0.2, 0) is 14.4 Å². The Labute approximate surface area is 183 Å². The zero-order valence-electron chi connectivity index (χ0n) is 15.6. The summed E-state index contributed by atoms with van der Waals surface area (Å²) in [5.41, 5.74) is 1.96. The Morgan fingerprint density at radius 1 is 0.767 bits per heavy atom. The number of amides is 2. The maximum absolute atomic E-state index is 13.5. The van der Waals surface area contributed by atoms with Gasteiger partial charge >= 0.3 is 0 Å². The molecule has 0 radical (unpaired) electrons. The van der Waals surface area contributed by atoms with Crippen molar-refractivity contribution in [3.8, 4) is 0 Å². The average Bonchev–Trinajstić information content (AvgIpc) is 3.26. The smallest absolute Gasteiger partial charge is 0.266 e. The van der Waals surface area contributed by atoms with Crippen molar-refractivity contribution < 1.29 is 14.4 Å². The quantitative estimate of drug-likeness (QED) is 0.537. The first-order valence-electron chi connectivity index (χ1n) is 9.45. The van der Waals surface area contributed by atoms with Gasteiger partial charge in [-0.25, -0.2) is 9.96 Å². The molecule has 3 atom stereocenters. The Morgan fingerprint density at radius 3 is 2.13 bits per heavy atom. The van der Waals surface area contributed by atoms with Gasteiger partial charge in [0.1, 0.15) is 5.92 Å². The second-order valence-electron chi connectivity index (χ2n) is 7.17. The molecule has 0 aliphatic carbocycles. The SMILES string of the molecule is O=C1C2ON(c3ccc(Cl)cc3)C(c3ccccc3)C2C(=O)N1c1ccccc1Cl. The summed E-state index contributed by atoms with van der Waals surface area (Å²) in [6, 6.07) is 23.0. The third-order valence-electron chi connectivity index (χ3n) is 5.43. The number of benzene rings is 3. The van der Waals surface area contributed by atoms with Crippen LogP contribution in [0.2, 0.25) is 10.0 Å². The molecule has 5 nitrogen and oxygen atoms in total. The second-order valence-corrected chi connectivity index (χ2v) is 8.02. The van der Waals surface area contributed by atoms with Crippen LogP contribution in [0.1, 0.15) is 11.6 Å². The molecule has 0 bridgehead atoms. The standard InChI is InChI=1S/C23H16Cl2N2O3/c24-15-10-12-16(13-11-15)27-20(14-6-2-1-3-7-14)19-21(30-27)23(29)26(22(19)28)18-9-5-4-8-17(18)25/h1-13,19-21H. The lowest BCUT2D eigenvalue weighted by atomic mass is 9.90. The van der Waals surface area contributed by atoms with E-state index in [1.807, 2.05) is 30.3 Å². The highest BCUT2D eigenvalue weighted by atomic mass is 35.5. The average molecular weight is 439 g/mol. The minimum atomic E-state index is -0.936. The van der Waals surface area contributed by atoms with E-state index >= 15 is 0 Å². The fourth-order valence-corrected chi connectivity index (χ4v) is 4.43. The van der Waals surface area contributed by atoms with Gasteiger partial charge in [0.25, 0.3) is 5.91 Å². The van der Waals surface area contributed by atoms with Gasteiger partial charge in [0.05, 0.1) is 22.4 Å². The zero-order valence-corrected chi connectivity index (χ0v) is 17.1. The Kier molecular flexibility index (Phi) is 4.74. The molecular formula is C23H16Cl2N2O3. The van der Waals surface area contributed by atoms with Gasteiger partial charge < -0.3 is 0 Å². The number of nitrogens with zero attached hydrogens (tertiary/aromatic N) is 2. The topological polar surface area (TPSA) is 49.9 Å². The van der Waals surface area contributed by atoms with E-state index in [-0.39, 0.29) is 5.91 Å². The number of hydrogen-bond acceptors (Lipinski definition) is 4. The van der Waals surface area contributed by atoms with Gasteiger partial charge in [0.2, 0.25) is 5.91 Å². The monoisotopic (exact) mass is 438 g/mol. The lowest BCUT2D eigenvalue weighted by Crippen LogP contribution is -2.37. The molecule has 0 saturated carbocycles. The van der Waals surface area contributed by atoms with E-state index in [1.165, 1.54) is 0 Å². The first-order chi connectivity index (χ1) is 14.6. The first-order valence-corrected chi connectivity index (χ1v) is 10.2. The summed E-state index contributed by atoms with van der Waals surface area (Å²) >= 11 is 12.3. The summed E-state index contributed by atoms with van der Waals surface area (Å²) in [6.45, 7) is 0. The van der Waals surface area contributed by atoms with Crippen molar-refractivity contribution in [2.45, 2.75) is 12.1 Å². The number of fused-ring (bicyclic) bond motifs is 1. The number of carbonyl (C=O) groups is 2. The fourth-order valence-electron chi connectivity index (χ4n) is 4.09. The number of rotatable bonds is 3. The van der Waals surface area contributed by atoms with Crippen molar-refractivity contribution in [2.24, 2.45) is 5.92 Å². The van der Waals surface area contributed by atoms with Crippen LogP contribution >= 0.6 is 23.2 Å². The van der Waals surface area contributed by atoms with Crippen LogP contribution in [0.3, 0.4) is 0 Å². The molecule has 30 heavy (non-hydrogen) atoms. The number of anilines is 2. The molecule has 150 valence electrons. The maximum Gasteiger partial charge on any atom is 0.266 e. The minimum absolute atomic E-state index is 0.330. The van der Waals surface area contributed by atoms with Crippen LogP contribution < -0.4 is 9.96 Å². The van der Waals surface area contributed by atoms with Crippen LogP contribution in [0.4, 0.5) is 11.4 Å². The number of halogens is 2. The van der Waals surface area contributed by atoms with Crippen LogP contribution in [0.25, 0.3) is 0 Å². The number of imide groups is 1. The van der Waals surface area contributed by atoms with E-state index in [4.69, 9.17) is 28.0 Å². The van der Waals surface area contributed by atoms with Gasteiger partial charge in [-0.3, -0.25) is 14.4 Å². The molecule has 3 aromatic rings. The molecule has 5 rings (SSSR count). The minimum Gasteiger partial charge on any atom is -0.273 e. The molecule has 2 fully saturated rings.